The maximum atomic E-state index is 12.8. The molecule has 0 unspecified atom stereocenters. The van der Waals surface area contributed by atoms with Gasteiger partial charge in [0.25, 0.3) is 0 Å². The van der Waals surface area contributed by atoms with Crippen molar-refractivity contribution in [2.75, 3.05) is 0 Å². The summed E-state index contributed by atoms with van der Waals surface area (Å²) in [4.78, 5) is 7.20. The van der Waals surface area contributed by atoms with Crippen LogP contribution in [0.4, 0.5) is 13.2 Å². The summed E-state index contributed by atoms with van der Waals surface area (Å²) in [5.41, 5.74) is 5.49. The molecule has 2 rings (SSSR count). The SMILES string of the molecule is CC(C)(C[C@@H](N)c1nc2ccccc2[nH]1)C(F)(F)F. The van der Waals surface area contributed by atoms with Gasteiger partial charge < -0.3 is 10.7 Å². The highest BCUT2D eigenvalue weighted by Gasteiger charge is 2.48. The summed E-state index contributed by atoms with van der Waals surface area (Å²) in [6.45, 7) is 2.30. The molecule has 2 aromatic rings. The van der Waals surface area contributed by atoms with Crippen molar-refractivity contribution < 1.29 is 13.2 Å². The molecule has 0 aliphatic heterocycles. The van der Waals surface area contributed by atoms with Crippen molar-refractivity contribution in [3.63, 3.8) is 0 Å². The van der Waals surface area contributed by atoms with Crippen molar-refractivity contribution >= 4 is 11.0 Å². The average Bonchev–Trinajstić information content (AvgIpc) is 2.70. The molecule has 1 aromatic heterocycles. The van der Waals surface area contributed by atoms with Crippen molar-refractivity contribution in [2.45, 2.75) is 32.5 Å². The van der Waals surface area contributed by atoms with Crippen molar-refractivity contribution in [3.8, 4) is 0 Å². The molecule has 104 valence electrons. The standard InChI is InChI=1S/C13H16F3N3/c1-12(2,13(14,15)16)7-8(17)11-18-9-5-3-4-6-10(9)19-11/h3-6,8H,7,17H2,1-2H3,(H,18,19)/t8-/m1/s1. The lowest BCUT2D eigenvalue weighted by atomic mass is 9.85. The molecule has 0 aliphatic carbocycles. The fourth-order valence-corrected chi connectivity index (χ4v) is 1.91. The predicted molar refractivity (Wildman–Crippen MR) is 67.5 cm³/mol. The Morgan fingerprint density at radius 3 is 2.47 bits per heavy atom. The monoisotopic (exact) mass is 271 g/mol. The lowest BCUT2D eigenvalue weighted by molar-refractivity contribution is -0.215. The number of para-hydroxylation sites is 2. The number of alkyl halides is 3. The van der Waals surface area contributed by atoms with Crippen LogP contribution >= 0.6 is 0 Å². The lowest BCUT2D eigenvalue weighted by Crippen LogP contribution is -2.35. The van der Waals surface area contributed by atoms with Gasteiger partial charge in [-0.15, -0.1) is 0 Å². The maximum absolute atomic E-state index is 12.8. The van der Waals surface area contributed by atoms with Gasteiger partial charge in [0.05, 0.1) is 22.5 Å². The Labute approximate surface area is 109 Å². The van der Waals surface area contributed by atoms with Gasteiger partial charge in [-0.1, -0.05) is 26.0 Å². The Bertz CT molecular complexity index is 539. The number of hydrogen-bond acceptors (Lipinski definition) is 2. The quantitative estimate of drug-likeness (QED) is 0.897. The van der Waals surface area contributed by atoms with Gasteiger partial charge >= 0.3 is 6.18 Å². The molecule has 3 N–H and O–H groups in total. The van der Waals surface area contributed by atoms with Gasteiger partial charge in [0, 0.05) is 0 Å². The first-order valence-corrected chi connectivity index (χ1v) is 5.98. The second-order valence-corrected chi connectivity index (χ2v) is 5.33. The molecule has 19 heavy (non-hydrogen) atoms. The molecule has 6 heteroatoms. The molecule has 0 saturated heterocycles. The predicted octanol–water partition coefficient (Wildman–Crippen LogP) is 3.54. The minimum absolute atomic E-state index is 0.212. The second kappa shape index (κ2) is 4.52. The number of halogens is 3. The number of nitrogens with two attached hydrogens (primary N) is 1. The minimum atomic E-state index is -4.28. The third kappa shape index (κ3) is 2.73. The molecule has 0 spiro atoms. The van der Waals surface area contributed by atoms with Gasteiger partial charge in [0.2, 0.25) is 0 Å². The Morgan fingerprint density at radius 2 is 1.89 bits per heavy atom. The van der Waals surface area contributed by atoms with Crippen LogP contribution in [0.3, 0.4) is 0 Å². The van der Waals surface area contributed by atoms with Gasteiger partial charge in [-0.05, 0) is 18.6 Å². The molecular formula is C13H16F3N3. The van der Waals surface area contributed by atoms with E-state index >= 15 is 0 Å². The van der Waals surface area contributed by atoms with Crippen molar-refractivity contribution in [2.24, 2.45) is 11.1 Å². The van der Waals surface area contributed by atoms with Crippen LogP contribution in [-0.2, 0) is 0 Å². The van der Waals surface area contributed by atoms with E-state index in [0.29, 0.717) is 11.3 Å². The number of nitrogens with zero attached hydrogens (tertiary/aromatic N) is 1. The van der Waals surface area contributed by atoms with E-state index in [2.05, 4.69) is 9.97 Å². The zero-order chi connectivity index (χ0) is 14.3. The van der Waals surface area contributed by atoms with Crippen molar-refractivity contribution in [1.29, 1.82) is 0 Å². The summed E-state index contributed by atoms with van der Waals surface area (Å²) in [5, 5.41) is 0. The Morgan fingerprint density at radius 1 is 1.26 bits per heavy atom. The zero-order valence-electron chi connectivity index (χ0n) is 10.8. The van der Waals surface area contributed by atoms with Crippen LogP contribution in [0.1, 0.15) is 32.1 Å². The molecule has 0 bridgehead atoms. The molecule has 1 aromatic carbocycles. The third-order valence-electron chi connectivity index (χ3n) is 3.26. The fraction of sp³-hybridized carbons (Fsp3) is 0.462. The number of H-pyrrole nitrogens is 1. The van der Waals surface area contributed by atoms with E-state index in [0.717, 1.165) is 19.4 Å². The van der Waals surface area contributed by atoms with Crippen molar-refractivity contribution in [3.05, 3.63) is 30.1 Å². The molecule has 0 saturated carbocycles. The van der Waals surface area contributed by atoms with E-state index in [-0.39, 0.29) is 6.42 Å². The maximum Gasteiger partial charge on any atom is 0.394 e. The highest BCUT2D eigenvalue weighted by atomic mass is 19.4. The lowest BCUT2D eigenvalue weighted by Gasteiger charge is -2.29. The summed E-state index contributed by atoms with van der Waals surface area (Å²) < 4.78 is 38.5. The molecular weight excluding hydrogens is 255 g/mol. The van der Waals surface area contributed by atoms with Crippen LogP contribution in [0.25, 0.3) is 11.0 Å². The number of nitrogens with one attached hydrogen (secondary N) is 1. The van der Waals surface area contributed by atoms with E-state index in [1.807, 2.05) is 18.2 Å². The van der Waals surface area contributed by atoms with Crippen LogP contribution in [0.5, 0.6) is 0 Å². The number of aromatic nitrogens is 2. The van der Waals surface area contributed by atoms with E-state index < -0.39 is 17.6 Å². The van der Waals surface area contributed by atoms with Crippen LogP contribution in [0.15, 0.2) is 24.3 Å². The molecule has 0 fully saturated rings. The van der Waals surface area contributed by atoms with Gasteiger partial charge in [-0.3, -0.25) is 0 Å². The van der Waals surface area contributed by atoms with Crippen molar-refractivity contribution in [1.82, 2.24) is 9.97 Å². The number of imidazole rings is 1. The van der Waals surface area contributed by atoms with Gasteiger partial charge in [0.15, 0.2) is 0 Å². The number of rotatable bonds is 3. The summed E-state index contributed by atoms with van der Waals surface area (Å²) in [7, 11) is 0. The van der Waals surface area contributed by atoms with E-state index in [9.17, 15) is 13.2 Å². The normalized spacial score (nSPS) is 14.8. The highest BCUT2D eigenvalue weighted by molar-refractivity contribution is 5.74. The Balaban J connectivity index is 2.22. The number of benzene rings is 1. The Kier molecular flexibility index (Phi) is 3.30. The topological polar surface area (TPSA) is 54.7 Å². The minimum Gasteiger partial charge on any atom is -0.341 e. The van der Waals surface area contributed by atoms with Crippen LogP contribution < -0.4 is 5.73 Å². The van der Waals surface area contributed by atoms with Crippen LogP contribution in [0.2, 0.25) is 0 Å². The smallest absolute Gasteiger partial charge is 0.341 e. The second-order valence-electron chi connectivity index (χ2n) is 5.33. The van der Waals surface area contributed by atoms with E-state index in [1.54, 1.807) is 6.07 Å². The van der Waals surface area contributed by atoms with Gasteiger partial charge in [-0.2, -0.15) is 13.2 Å². The van der Waals surface area contributed by atoms with E-state index in [4.69, 9.17) is 5.73 Å². The first kappa shape index (κ1) is 13.9. The molecule has 0 aliphatic rings. The third-order valence-corrected chi connectivity index (χ3v) is 3.26. The van der Waals surface area contributed by atoms with Gasteiger partial charge in [0.1, 0.15) is 5.82 Å². The van der Waals surface area contributed by atoms with Crippen LogP contribution in [-0.4, -0.2) is 16.1 Å². The summed E-state index contributed by atoms with van der Waals surface area (Å²) >= 11 is 0. The number of aromatic amines is 1. The first-order valence-electron chi connectivity index (χ1n) is 5.98. The molecule has 0 radical (unpaired) electrons. The molecule has 1 atom stereocenters. The van der Waals surface area contributed by atoms with Gasteiger partial charge in [-0.25, -0.2) is 4.98 Å². The fourth-order valence-electron chi connectivity index (χ4n) is 1.91. The molecule has 3 nitrogen and oxygen atoms in total. The summed E-state index contributed by atoms with van der Waals surface area (Å²) in [5.74, 6) is 0.388. The highest BCUT2D eigenvalue weighted by Crippen LogP contribution is 2.42. The number of fused-ring (bicyclic) bond motifs is 1. The van der Waals surface area contributed by atoms with E-state index in [1.165, 1.54) is 0 Å². The average molecular weight is 271 g/mol. The van der Waals surface area contributed by atoms with Crippen LogP contribution in [0, 0.1) is 5.41 Å². The zero-order valence-corrected chi connectivity index (χ0v) is 10.8. The molecule has 1 heterocycles. The first-order chi connectivity index (χ1) is 8.71. The summed E-state index contributed by atoms with van der Waals surface area (Å²) in [6.07, 6.45) is -4.49. The number of hydrogen-bond donors (Lipinski definition) is 2. The molecule has 0 amide bonds. The summed E-state index contributed by atoms with van der Waals surface area (Å²) in [6, 6.07) is 6.47. The largest absolute Gasteiger partial charge is 0.394 e. The Hall–Kier alpha value is -1.56.